The molecule has 0 aliphatic rings. The molecule has 1 aromatic heterocycles. The maximum Gasteiger partial charge on any atom is 0.0577 e. The van der Waals surface area contributed by atoms with Gasteiger partial charge in [0, 0.05) is 21.6 Å². The zero-order valence-electron chi connectivity index (χ0n) is 24.2. The van der Waals surface area contributed by atoms with Crippen LogP contribution < -0.4 is 4.90 Å². The van der Waals surface area contributed by atoms with E-state index in [4.69, 9.17) is 0 Å². The van der Waals surface area contributed by atoms with Gasteiger partial charge in [-0.05, 0) is 74.5 Å². The summed E-state index contributed by atoms with van der Waals surface area (Å²) in [6.07, 6.45) is 0. The van der Waals surface area contributed by atoms with Crippen LogP contribution >= 0.6 is 8.19 Å². The summed E-state index contributed by atoms with van der Waals surface area (Å²) in [5.41, 5.74) is 11.0. The highest BCUT2D eigenvalue weighted by Gasteiger charge is 2.19. The van der Waals surface area contributed by atoms with E-state index in [0.29, 0.717) is 8.19 Å². The van der Waals surface area contributed by atoms with Gasteiger partial charge < -0.3 is 4.90 Å². The Morgan fingerprint density at radius 2 is 0.750 bits per heavy atom. The van der Waals surface area contributed by atoms with Crippen LogP contribution in [0.3, 0.4) is 0 Å². The van der Waals surface area contributed by atoms with Gasteiger partial charge in [-0.1, -0.05) is 146 Å². The first-order valence-corrected chi connectivity index (χ1v) is 16.0. The highest BCUT2D eigenvalue weighted by atomic mass is 31.0. The minimum absolute atomic E-state index is 0.565. The average Bonchev–Trinajstić information content (AvgIpc) is 3.50. The molecule has 0 saturated heterocycles. The highest BCUT2D eigenvalue weighted by molar-refractivity contribution is 7.44. The van der Waals surface area contributed by atoms with Crippen LogP contribution in [0.4, 0.5) is 17.1 Å². The minimum atomic E-state index is 0.565. The van der Waals surface area contributed by atoms with Crippen molar-refractivity contribution in [2.75, 3.05) is 4.90 Å². The molecule has 8 rings (SSSR count). The van der Waals surface area contributed by atoms with Crippen LogP contribution in [0, 0.1) is 0 Å². The largest absolute Gasteiger partial charge is 0.310 e. The number of anilines is 3. The zero-order valence-corrected chi connectivity index (χ0v) is 25.2. The molecule has 0 aliphatic heterocycles. The first-order valence-electron chi connectivity index (χ1n) is 15.0. The summed E-state index contributed by atoms with van der Waals surface area (Å²) in [5.74, 6) is 0. The van der Waals surface area contributed by atoms with E-state index in [0.717, 1.165) is 11.4 Å². The van der Waals surface area contributed by atoms with Gasteiger partial charge >= 0.3 is 0 Å². The van der Waals surface area contributed by atoms with Gasteiger partial charge in [0.1, 0.15) is 0 Å². The van der Waals surface area contributed by atoms with Gasteiger partial charge in [-0.15, -0.1) is 8.19 Å². The molecule has 44 heavy (non-hydrogen) atoms. The Hall–Kier alpha value is -5.36. The molecule has 0 saturated carbocycles. The molecule has 208 valence electrons. The third-order valence-corrected chi connectivity index (χ3v) is 10.0. The van der Waals surface area contributed by atoms with Crippen molar-refractivity contribution < 1.29 is 0 Å². The van der Waals surface area contributed by atoms with Crippen molar-refractivity contribution in [3.63, 3.8) is 0 Å². The van der Waals surface area contributed by atoms with Crippen molar-refractivity contribution in [2.45, 2.75) is 0 Å². The third kappa shape index (κ3) is 4.78. The van der Waals surface area contributed by atoms with Crippen molar-refractivity contribution in [3.8, 4) is 33.4 Å². The van der Waals surface area contributed by atoms with Crippen molar-refractivity contribution in [3.05, 3.63) is 176 Å². The minimum Gasteiger partial charge on any atom is -0.310 e. The summed E-state index contributed by atoms with van der Waals surface area (Å²) in [6, 6.07) is 63.5. The summed E-state index contributed by atoms with van der Waals surface area (Å²) < 4.78 is 0. The van der Waals surface area contributed by atoms with Gasteiger partial charge in [-0.3, -0.25) is 0 Å². The van der Waals surface area contributed by atoms with Gasteiger partial charge in [0.25, 0.3) is 0 Å². The highest BCUT2D eigenvalue weighted by Crippen LogP contribution is 2.49. The molecule has 2 heteroatoms. The van der Waals surface area contributed by atoms with Crippen molar-refractivity contribution in [2.24, 2.45) is 0 Å². The summed E-state index contributed by atoms with van der Waals surface area (Å²) in [6.45, 7) is 0. The van der Waals surface area contributed by atoms with Crippen LogP contribution in [0.5, 0.6) is 0 Å². The molecule has 7 aromatic carbocycles. The number of hydrogen-bond donors (Lipinski definition) is 0. The fraction of sp³-hybridized carbons (Fsp3) is 0. The molecule has 0 radical (unpaired) electrons. The topological polar surface area (TPSA) is 3.24 Å². The lowest BCUT2D eigenvalue weighted by atomic mass is 10.0. The zero-order chi connectivity index (χ0) is 29.3. The molecule has 0 bridgehead atoms. The summed E-state index contributed by atoms with van der Waals surface area (Å²) in [7, 11) is 0.565. The van der Waals surface area contributed by atoms with Gasteiger partial charge in [-0.2, -0.15) is 0 Å². The van der Waals surface area contributed by atoms with E-state index in [-0.39, 0.29) is 0 Å². The SMILES string of the molecule is c1ccc(-c2ccc(N(c3ccc(-c4ccccc4)cc3)c3cccc4c3[pH]c3c(-c5ccccc5)cccc34)cc2)cc1. The average molecular weight is 580 g/mol. The number of rotatable bonds is 6. The Morgan fingerprint density at radius 3 is 1.27 bits per heavy atom. The van der Waals surface area contributed by atoms with Crippen LogP contribution in [0.25, 0.3) is 54.4 Å². The van der Waals surface area contributed by atoms with Crippen LogP contribution in [-0.2, 0) is 0 Å². The van der Waals surface area contributed by atoms with Gasteiger partial charge in [0.2, 0.25) is 0 Å². The normalized spacial score (nSPS) is 11.4. The Balaban J connectivity index is 1.31. The molecule has 0 N–H and O–H groups in total. The standard InChI is InChI=1S/C42H30NP/c1-4-12-30(13-5-1)32-22-26-35(27-23-32)43(36-28-24-33(25-29-36)31-14-6-2-7-15-31)40-21-11-20-39-38-19-10-18-37(41(38)44-42(39)40)34-16-8-3-9-17-34/h1-29,44H. The fourth-order valence-corrected chi connectivity index (χ4v) is 7.91. The first-order chi connectivity index (χ1) is 21.8. The van der Waals surface area contributed by atoms with E-state index in [1.807, 2.05) is 0 Å². The van der Waals surface area contributed by atoms with E-state index in [9.17, 15) is 0 Å². The van der Waals surface area contributed by atoms with E-state index in [1.54, 1.807) is 0 Å². The van der Waals surface area contributed by atoms with Crippen LogP contribution in [0.15, 0.2) is 176 Å². The van der Waals surface area contributed by atoms with E-state index in [1.165, 1.54) is 60.1 Å². The summed E-state index contributed by atoms with van der Waals surface area (Å²) >= 11 is 0. The number of benzene rings is 7. The summed E-state index contributed by atoms with van der Waals surface area (Å²) in [4.78, 5) is 2.43. The lowest BCUT2D eigenvalue weighted by Gasteiger charge is -2.27. The fourth-order valence-electron chi connectivity index (χ4n) is 6.27. The molecular weight excluding hydrogens is 549 g/mol. The molecule has 1 heterocycles. The molecule has 1 unspecified atom stereocenters. The van der Waals surface area contributed by atoms with E-state index in [2.05, 4.69) is 181 Å². The molecule has 0 amide bonds. The van der Waals surface area contributed by atoms with Gasteiger partial charge in [0.15, 0.2) is 0 Å². The van der Waals surface area contributed by atoms with E-state index < -0.39 is 0 Å². The second kappa shape index (κ2) is 11.4. The molecule has 0 fully saturated rings. The van der Waals surface area contributed by atoms with Crippen molar-refractivity contribution in [1.29, 1.82) is 0 Å². The lowest BCUT2D eigenvalue weighted by molar-refractivity contribution is 1.30. The number of nitrogens with zero attached hydrogens (tertiary/aromatic N) is 1. The van der Waals surface area contributed by atoms with Crippen LogP contribution in [-0.4, -0.2) is 0 Å². The van der Waals surface area contributed by atoms with Gasteiger partial charge in [0.05, 0.1) is 5.69 Å². The maximum absolute atomic E-state index is 2.43. The first kappa shape index (κ1) is 26.3. The second-order valence-electron chi connectivity index (χ2n) is 11.1. The molecule has 1 atom stereocenters. The molecule has 1 nitrogen and oxygen atoms in total. The molecular formula is C42H30NP. The number of hydrogen-bond acceptors (Lipinski definition) is 1. The molecule has 0 aliphatic carbocycles. The smallest absolute Gasteiger partial charge is 0.0577 e. The van der Waals surface area contributed by atoms with E-state index >= 15 is 0 Å². The van der Waals surface area contributed by atoms with Crippen molar-refractivity contribution in [1.82, 2.24) is 0 Å². The Bertz CT molecular complexity index is 2100. The Kier molecular flexibility index (Phi) is 6.80. The summed E-state index contributed by atoms with van der Waals surface area (Å²) in [5, 5.41) is 5.51. The molecule has 0 spiro atoms. The Labute approximate surface area is 259 Å². The quantitative estimate of drug-likeness (QED) is 0.189. The van der Waals surface area contributed by atoms with Crippen LogP contribution in [0.1, 0.15) is 0 Å². The number of fused-ring (bicyclic) bond motifs is 3. The maximum atomic E-state index is 2.43. The second-order valence-corrected chi connectivity index (χ2v) is 12.3. The Morgan fingerprint density at radius 1 is 0.318 bits per heavy atom. The van der Waals surface area contributed by atoms with Crippen molar-refractivity contribution >= 4 is 46.3 Å². The molecule has 8 aromatic rings. The predicted octanol–water partition coefficient (Wildman–Crippen LogP) is 12.5. The third-order valence-electron chi connectivity index (χ3n) is 8.44. The monoisotopic (exact) mass is 579 g/mol. The van der Waals surface area contributed by atoms with Gasteiger partial charge in [-0.25, -0.2) is 0 Å². The lowest BCUT2D eigenvalue weighted by Crippen LogP contribution is -2.10. The van der Waals surface area contributed by atoms with Crippen LogP contribution in [0.2, 0.25) is 0 Å². The predicted molar refractivity (Wildman–Crippen MR) is 192 cm³/mol.